The van der Waals surface area contributed by atoms with Gasteiger partial charge in [0.15, 0.2) is 11.5 Å². The van der Waals surface area contributed by atoms with Gasteiger partial charge in [-0.1, -0.05) is 54.6 Å². The minimum absolute atomic E-state index is 0.119. The number of ether oxygens (including phenoxy) is 1. The molecule has 0 aliphatic carbocycles. The molecule has 0 bridgehead atoms. The second-order valence-corrected chi connectivity index (χ2v) is 8.43. The number of hydrogen-bond donors (Lipinski definition) is 3. The molecule has 0 saturated heterocycles. The summed E-state index contributed by atoms with van der Waals surface area (Å²) in [6.07, 6.45) is 3.20. The van der Waals surface area contributed by atoms with Crippen LogP contribution in [0, 0.1) is 0 Å². The van der Waals surface area contributed by atoms with Crippen LogP contribution in [0.25, 0.3) is 33.2 Å². The van der Waals surface area contributed by atoms with E-state index in [2.05, 4.69) is 30.7 Å². The summed E-state index contributed by atoms with van der Waals surface area (Å²) in [6, 6.07) is 29.0. The number of aromatic amines is 1. The summed E-state index contributed by atoms with van der Waals surface area (Å²) in [5.41, 5.74) is 9.34. The molecule has 0 radical (unpaired) electrons. The molecule has 3 heterocycles. The summed E-state index contributed by atoms with van der Waals surface area (Å²) in [5, 5.41) is 20.9. The fourth-order valence-corrected chi connectivity index (χ4v) is 4.22. The minimum atomic E-state index is -0.640. The summed E-state index contributed by atoms with van der Waals surface area (Å²) in [6.45, 7) is 0. The maximum atomic E-state index is 11.7. The highest BCUT2D eigenvalue weighted by Crippen LogP contribution is 2.34. The number of nitrogens with two attached hydrogens (primary N) is 1. The van der Waals surface area contributed by atoms with Crippen molar-refractivity contribution in [3.63, 3.8) is 0 Å². The number of primary amides is 1. The molecule has 9 heteroatoms. The first-order chi connectivity index (χ1) is 18.7. The standard InChI is InChI=1S/C29H21N7O2/c30-27(37)26-24(17-32-34-26)23-11-6-16-31-29(23)38-20-14-12-19(13-15-20)33-28-22-10-5-4-9-21(22)25(35-36-28)18-7-2-1-3-8-18/h1-17H,(H2,30,37)(H,32,34)(H,33,36). The predicted molar refractivity (Wildman–Crippen MR) is 145 cm³/mol. The number of nitrogens with one attached hydrogen (secondary N) is 2. The van der Waals surface area contributed by atoms with Crippen LogP contribution >= 0.6 is 0 Å². The van der Waals surface area contributed by atoms with Crippen molar-refractivity contribution in [2.75, 3.05) is 5.32 Å². The maximum absolute atomic E-state index is 11.7. The second-order valence-electron chi connectivity index (χ2n) is 8.43. The minimum Gasteiger partial charge on any atom is -0.438 e. The molecule has 0 fully saturated rings. The monoisotopic (exact) mass is 499 g/mol. The highest BCUT2D eigenvalue weighted by atomic mass is 16.5. The molecule has 6 aromatic rings. The molecular weight excluding hydrogens is 478 g/mol. The van der Waals surface area contributed by atoms with E-state index in [0.717, 1.165) is 27.7 Å². The quantitative estimate of drug-likeness (QED) is 0.256. The number of pyridine rings is 1. The lowest BCUT2D eigenvalue weighted by molar-refractivity contribution is 0.0996. The molecule has 0 atom stereocenters. The Balaban J connectivity index is 1.26. The van der Waals surface area contributed by atoms with Crippen LogP contribution in [0.15, 0.2) is 103 Å². The van der Waals surface area contributed by atoms with Gasteiger partial charge in [-0.3, -0.25) is 9.89 Å². The molecular formula is C29H21N7O2. The van der Waals surface area contributed by atoms with Gasteiger partial charge in [-0.15, -0.1) is 10.2 Å². The third-order valence-electron chi connectivity index (χ3n) is 6.00. The van der Waals surface area contributed by atoms with Gasteiger partial charge >= 0.3 is 0 Å². The van der Waals surface area contributed by atoms with Crippen molar-refractivity contribution < 1.29 is 9.53 Å². The first-order valence-corrected chi connectivity index (χ1v) is 11.8. The van der Waals surface area contributed by atoms with E-state index in [4.69, 9.17) is 10.5 Å². The Morgan fingerprint density at radius 1 is 0.816 bits per heavy atom. The van der Waals surface area contributed by atoms with Gasteiger partial charge in [-0.2, -0.15) is 5.10 Å². The number of benzene rings is 3. The van der Waals surface area contributed by atoms with Gasteiger partial charge < -0.3 is 15.8 Å². The Morgan fingerprint density at radius 3 is 2.37 bits per heavy atom. The number of anilines is 2. The lowest BCUT2D eigenvalue weighted by atomic mass is 10.0. The number of rotatable bonds is 7. The average molecular weight is 500 g/mol. The van der Waals surface area contributed by atoms with E-state index in [1.165, 1.54) is 0 Å². The van der Waals surface area contributed by atoms with Crippen molar-refractivity contribution in [2.45, 2.75) is 0 Å². The normalized spacial score (nSPS) is 10.8. The molecule has 0 aliphatic rings. The van der Waals surface area contributed by atoms with Gasteiger partial charge in [0.1, 0.15) is 11.4 Å². The molecule has 1 amide bonds. The molecule has 184 valence electrons. The van der Waals surface area contributed by atoms with Crippen LogP contribution in [0.2, 0.25) is 0 Å². The van der Waals surface area contributed by atoms with Gasteiger partial charge in [-0.05, 0) is 36.4 Å². The van der Waals surface area contributed by atoms with E-state index < -0.39 is 5.91 Å². The smallest absolute Gasteiger partial charge is 0.269 e. The van der Waals surface area contributed by atoms with Crippen molar-refractivity contribution in [1.29, 1.82) is 0 Å². The number of hydrogen-bond acceptors (Lipinski definition) is 7. The molecule has 9 nitrogen and oxygen atoms in total. The van der Waals surface area contributed by atoms with Crippen LogP contribution in [-0.2, 0) is 0 Å². The van der Waals surface area contributed by atoms with Crippen molar-refractivity contribution in [1.82, 2.24) is 25.4 Å². The van der Waals surface area contributed by atoms with E-state index in [1.807, 2.05) is 78.9 Å². The summed E-state index contributed by atoms with van der Waals surface area (Å²) < 4.78 is 6.05. The molecule has 38 heavy (non-hydrogen) atoms. The fraction of sp³-hybridized carbons (Fsp3) is 0. The number of aromatic nitrogens is 5. The van der Waals surface area contributed by atoms with E-state index >= 15 is 0 Å². The van der Waals surface area contributed by atoms with Gasteiger partial charge in [0.25, 0.3) is 5.91 Å². The number of H-pyrrole nitrogens is 1. The van der Waals surface area contributed by atoms with Crippen molar-refractivity contribution in [3.05, 3.63) is 109 Å². The Bertz CT molecular complexity index is 1750. The third-order valence-corrected chi connectivity index (χ3v) is 6.00. The molecule has 0 aliphatic heterocycles. The van der Waals surface area contributed by atoms with Gasteiger partial charge in [0.05, 0.1) is 0 Å². The number of nitrogens with zero attached hydrogens (tertiary/aromatic N) is 4. The van der Waals surface area contributed by atoms with Gasteiger partial charge in [0.2, 0.25) is 5.88 Å². The summed E-state index contributed by atoms with van der Waals surface area (Å²) >= 11 is 0. The van der Waals surface area contributed by atoms with E-state index in [9.17, 15) is 4.79 Å². The maximum Gasteiger partial charge on any atom is 0.269 e. The zero-order valence-corrected chi connectivity index (χ0v) is 20.0. The van der Waals surface area contributed by atoms with Crippen LogP contribution in [0.5, 0.6) is 11.6 Å². The van der Waals surface area contributed by atoms with Crippen molar-refractivity contribution >= 4 is 28.2 Å². The first-order valence-electron chi connectivity index (χ1n) is 11.8. The number of fused-ring (bicyclic) bond motifs is 1. The predicted octanol–water partition coefficient (Wildman–Crippen LogP) is 5.72. The Hall–Kier alpha value is -5.57. The molecule has 3 aromatic heterocycles. The van der Waals surface area contributed by atoms with Crippen LogP contribution < -0.4 is 15.8 Å². The summed E-state index contributed by atoms with van der Waals surface area (Å²) in [7, 11) is 0. The topological polar surface area (TPSA) is 132 Å². The Labute approximate surface area is 217 Å². The number of amides is 1. The van der Waals surface area contributed by atoms with Crippen LogP contribution in [-0.4, -0.2) is 31.3 Å². The first kappa shape index (κ1) is 22.9. The lowest BCUT2D eigenvalue weighted by Gasteiger charge is -2.12. The van der Waals surface area contributed by atoms with Crippen molar-refractivity contribution in [3.8, 4) is 34.0 Å². The summed E-state index contributed by atoms with van der Waals surface area (Å²) in [5.74, 6) is 0.902. The molecule has 0 spiro atoms. The molecule has 0 saturated carbocycles. The lowest BCUT2D eigenvalue weighted by Crippen LogP contribution is -2.12. The van der Waals surface area contributed by atoms with Gasteiger partial charge in [-0.25, -0.2) is 4.98 Å². The van der Waals surface area contributed by atoms with E-state index in [-0.39, 0.29) is 5.69 Å². The Kier molecular flexibility index (Phi) is 5.91. The van der Waals surface area contributed by atoms with Crippen LogP contribution in [0.4, 0.5) is 11.5 Å². The zero-order chi connectivity index (χ0) is 25.9. The van der Waals surface area contributed by atoms with E-state index in [0.29, 0.717) is 28.6 Å². The summed E-state index contributed by atoms with van der Waals surface area (Å²) in [4.78, 5) is 16.1. The second kappa shape index (κ2) is 9.82. The molecule has 3 aromatic carbocycles. The molecule has 0 unspecified atom stereocenters. The van der Waals surface area contributed by atoms with Crippen molar-refractivity contribution in [2.24, 2.45) is 5.73 Å². The fourth-order valence-electron chi connectivity index (χ4n) is 4.22. The highest BCUT2D eigenvalue weighted by molar-refractivity contribution is 6.01. The van der Waals surface area contributed by atoms with Crippen LogP contribution in [0.1, 0.15) is 10.5 Å². The Morgan fingerprint density at radius 2 is 1.58 bits per heavy atom. The number of carbonyl (C=O) groups is 1. The average Bonchev–Trinajstić information content (AvgIpc) is 3.45. The van der Waals surface area contributed by atoms with E-state index in [1.54, 1.807) is 24.5 Å². The van der Waals surface area contributed by atoms with Crippen LogP contribution in [0.3, 0.4) is 0 Å². The zero-order valence-electron chi connectivity index (χ0n) is 20.0. The largest absolute Gasteiger partial charge is 0.438 e. The third kappa shape index (κ3) is 4.40. The highest BCUT2D eigenvalue weighted by Gasteiger charge is 2.18. The molecule has 6 rings (SSSR count). The molecule has 4 N–H and O–H groups in total. The SMILES string of the molecule is NC(=O)c1n[nH]cc1-c1cccnc1Oc1ccc(Nc2nnc(-c3ccccc3)c3ccccc23)cc1. The van der Waals surface area contributed by atoms with Gasteiger partial charge in [0, 0.05) is 45.5 Å². The number of carbonyl (C=O) groups excluding carboxylic acids is 1.